The van der Waals surface area contributed by atoms with Crippen molar-refractivity contribution in [3.05, 3.63) is 34.6 Å². The van der Waals surface area contributed by atoms with Gasteiger partial charge in [0.1, 0.15) is 5.82 Å². The second-order valence-electron chi connectivity index (χ2n) is 4.35. The quantitative estimate of drug-likeness (QED) is 0.889. The molecule has 0 radical (unpaired) electrons. The van der Waals surface area contributed by atoms with E-state index < -0.39 is 11.9 Å². The summed E-state index contributed by atoms with van der Waals surface area (Å²) in [6.45, 7) is 0.763. The SMILES string of the molecule is CNC(=O)[C@@H]1CN(C(=O)c2ccc(Cl)c(F)c2)CCO1. The summed E-state index contributed by atoms with van der Waals surface area (Å²) in [6.07, 6.45) is -0.699. The molecule has 0 aliphatic carbocycles. The van der Waals surface area contributed by atoms with Gasteiger partial charge in [0.05, 0.1) is 18.2 Å². The number of nitrogens with zero attached hydrogens (tertiary/aromatic N) is 1. The molecule has 1 N–H and O–H groups in total. The van der Waals surface area contributed by atoms with E-state index in [-0.39, 0.29) is 35.6 Å². The van der Waals surface area contributed by atoms with E-state index in [0.717, 1.165) is 6.07 Å². The first kappa shape index (κ1) is 14.7. The molecule has 1 aromatic rings. The molecule has 1 aliphatic rings. The molecule has 0 aromatic heterocycles. The first-order chi connectivity index (χ1) is 9.52. The van der Waals surface area contributed by atoms with E-state index in [0.29, 0.717) is 6.54 Å². The Morgan fingerprint density at radius 1 is 1.50 bits per heavy atom. The molecular weight excluding hydrogens is 287 g/mol. The van der Waals surface area contributed by atoms with Crippen LogP contribution < -0.4 is 5.32 Å². The van der Waals surface area contributed by atoms with E-state index in [2.05, 4.69) is 5.32 Å². The number of halogens is 2. The third-order valence-corrected chi connectivity index (χ3v) is 3.37. The summed E-state index contributed by atoms with van der Waals surface area (Å²) in [4.78, 5) is 25.2. The van der Waals surface area contributed by atoms with Crippen molar-refractivity contribution in [1.82, 2.24) is 10.2 Å². The van der Waals surface area contributed by atoms with Crippen LogP contribution in [0.4, 0.5) is 4.39 Å². The van der Waals surface area contributed by atoms with Crippen molar-refractivity contribution >= 4 is 23.4 Å². The highest BCUT2D eigenvalue weighted by Gasteiger charge is 2.29. The highest BCUT2D eigenvalue weighted by Crippen LogP contribution is 2.18. The van der Waals surface area contributed by atoms with Crippen molar-refractivity contribution in [2.75, 3.05) is 26.7 Å². The summed E-state index contributed by atoms with van der Waals surface area (Å²) in [5.41, 5.74) is 0.199. The van der Waals surface area contributed by atoms with Crippen LogP contribution in [-0.2, 0) is 9.53 Å². The fourth-order valence-electron chi connectivity index (χ4n) is 1.97. The summed E-state index contributed by atoms with van der Waals surface area (Å²) in [5.74, 6) is -1.28. The molecule has 0 saturated carbocycles. The molecule has 20 heavy (non-hydrogen) atoms. The number of benzene rings is 1. The Kier molecular flexibility index (Phi) is 4.57. The van der Waals surface area contributed by atoms with Gasteiger partial charge in [-0.25, -0.2) is 4.39 Å². The van der Waals surface area contributed by atoms with Crippen molar-refractivity contribution in [2.45, 2.75) is 6.10 Å². The van der Waals surface area contributed by atoms with E-state index in [9.17, 15) is 14.0 Å². The van der Waals surface area contributed by atoms with Gasteiger partial charge in [0.15, 0.2) is 6.10 Å². The number of carbonyl (C=O) groups excluding carboxylic acids is 2. The molecule has 1 atom stereocenters. The number of hydrogen-bond acceptors (Lipinski definition) is 3. The number of hydrogen-bond donors (Lipinski definition) is 1. The van der Waals surface area contributed by atoms with Crippen LogP contribution >= 0.6 is 11.6 Å². The Morgan fingerprint density at radius 3 is 2.90 bits per heavy atom. The molecule has 1 fully saturated rings. The molecule has 1 aromatic carbocycles. The van der Waals surface area contributed by atoms with Gasteiger partial charge in [0.2, 0.25) is 0 Å². The van der Waals surface area contributed by atoms with Crippen LogP contribution in [0.5, 0.6) is 0 Å². The van der Waals surface area contributed by atoms with Gasteiger partial charge in [-0.1, -0.05) is 11.6 Å². The van der Waals surface area contributed by atoms with E-state index >= 15 is 0 Å². The van der Waals surface area contributed by atoms with Crippen LogP contribution in [0.15, 0.2) is 18.2 Å². The highest BCUT2D eigenvalue weighted by atomic mass is 35.5. The number of nitrogens with one attached hydrogen (secondary N) is 1. The monoisotopic (exact) mass is 300 g/mol. The molecular formula is C13H14ClFN2O3. The van der Waals surface area contributed by atoms with Crippen LogP contribution in [0.25, 0.3) is 0 Å². The number of amides is 2. The zero-order valence-corrected chi connectivity index (χ0v) is 11.6. The molecule has 1 saturated heterocycles. The number of likely N-dealkylation sites (N-methyl/N-ethyl adjacent to an activating group) is 1. The zero-order valence-electron chi connectivity index (χ0n) is 10.9. The number of rotatable bonds is 2. The van der Waals surface area contributed by atoms with Crippen LogP contribution in [0.3, 0.4) is 0 Å². The van der Waals surface area contributed by atoms with Crippen molar-refractivity contribution in [1.29, 1.82) is 0 Å². The van der Waals surface area contributed by atoms with Gasteiger partial charge in [-0.3, -0.25) is 9.59 Å². The maximum atomic E-state index is 13.4. The standard InChI is InChI=1S/C13H14ClFN2O3/c1-16-12(18)11-7-17(4-5-20-11)13(19)8-2-3-9(14)10(15)6-8/h2-3,6,11H,4-5,7H2,1H3,(H,16,18)/t11-/m0/s1. The fourth-order valence-corrected chi connectivity index (χ4v) is 2.08. The molecule has 2 rings (SSSR count). The van der Waals surface area contributed by atoms with Crippen molar-refractivity contribution < 1.29 is 18.7 Å². The van der Waals surface area contributed by atoms with Gasteiger partial charge in [-0.15, -0.1) is 0 Å². The Morgan fingerprint density at radius 2 is 2.25 bits per heavy atom. The van der Waals surface area contributed by atoms with Crippen molar-refractivity contribution in [3.8, 4) is 0 Å². The minimum Gasteiger partial charge on any atom is -0.365 e. The number of carbonyl (C=O) groups is 2. The Labute approximate surface area is 120 Å². The lowest BCUT2D eigenvalue weighted by molar-refractivity contribution is -0.136. The second kappa shape index (κ2) is 6.19. The topological polar surface area (TPSA) is 58.6 Å². The van der Waals surface area contributed by atoms with Gasteiger partial charge in [-0.05, 0) is 18.2 Å². The van der Waals surface area contributed by atoms with E-state index in [1.54, 1.807) is 0 Å². The third-order valence-electron chi connectivity index (χ3n) is 3.06. The average Bonchev–Trinajstić information content (AvgIpc) is 2.48. The van der Waals surface area contributed by atoms with Crippen LogP contribution in [-0.4, -0.2) is 49.6 Å². The smallest absolute Gasteiger partial charge is 0.254 e. The van der Waals surface area contributed by atoms with Gasteiger partial charge < -0.3 is 15.0 Å². The molecule has 2 amide bonds. The fraction of sp³-hybridized carbons (Fsp3) is 0.385. The zero-order chi connectivity index (χ0) is 14.7. The largest absolute Gasteiger partial charge is 0.365 e. The normalized spacial score (nSPS) is 18.8. The summed E-state index contributed by atoms with van der Waals surface area (Å²) in [5, 5.41) is 2.44. The minimum absolute atomic E-state index is 0.0354. The van der Waals surface area contributed by atoms with Gasteiger partial charge in [-0.2, -0.15) is 0 Å². The third kappa shape index (κ3) is 3.08. The molecule has 1 aliphatic heterocycles. The summed E-state index contributed by atoms with van der Waals surface area (Å²) in [6, 6.07) is 3.88. The highest BCUT2D eigenvalue weighted by molar-refractivity contribution is 6.30. The lowest BCUT2D eigenvalue weighted by Gasteiger charge is -2.32. The molecule has 1 heterocycles. The number of ether oxygens (including phenoxy) is 1. The first-order valence-electron chi connectivity index (χ1n) is 6.10. The predicted octanol–water partition coefficient (Wildman–Crippen LogP) is 1.07. The first-order valence-corrected chi connectivity index (χ1v) is 6.48. The van der Waals surface area contributed by atoms with Crippen molar-refractivity contribution in [3.63, 3.8) is 0 Å². The summed E-state index contributed by atoms with van der Waals surface area (Å²) >= 11 is 5.58. The van der Waals surface area contributed by atoms with Crippen LogP contribution in [0.1, 0.15) is 10.4 Å². The molecule has 0 bridgehead atoms. The average molecular weight is 301 g/mol. The van der Waals surface area contributed by atoms with E-state index in [1.165, 1.54) is 24.1 Å². The Balaban J connectivity index is 2.12. The van der Waals surface area contributed by atoms with Crippen molar-refractivity contribution in [2.24, 2.45) is 0 Å². The number of morpholine rings is 1. The minimum atomic E-state index is -0.699. The summed E-state index contributed by atoms with van der Waals surface area (Å²) in [7, 11) is 1.50. The van der Waals surface area contributed by atoms with Gasteiger partial charge in [0, 0.05) is 19.2 Å². The molecule has 0 unspecified atom stereocenters. The van der Waals surface area contributed by atoms with E-state index in [1.807, 2.05) is 0 Å². The maximum absolute atomic E-state index is 13.4. The Hall–Kier alpha value is -1.66. The molecule has 7 heteroatoms. The maximum Gasteiger partial charge on any atom is 0.254 e. The van der Waals surface area contributed by atoms with Gasteiger partial charge in [0.25, 0.3) is 11.8 Å². The van der Waals surface area contributed by atoms with Gasteiger partial charge >= 0.3 is 0 Å². The molecule has 5 nitrogen and oxygen atoms in total. The second-order valence-corrected chi connectivity index (χ2v) is 4.76. The van der Waals surface area contributed by atoms with Crippen LogP contribution in [0.2, 0.25) is 5.02 Å². The molecule has 0 spiro atoms. The molecule has 108 valence electrons. The Bertz CT molecular complexity index is 538. The van der Waals surface area contributed by atoms with Crippen LogP contribution in [0, 0.1) is 5.82 Å². The predicted molar refractivity (Wildman–Crippen MR) is 71.1 cm³/mol. The lowest BCUT2D eigenvalue weighted by Crippen LogP contribution is -2.51. The summed E-state index contributed by atoms with van der Waals surface area (Å²) < 4.78 is 18.7. The van der Waals surface area contributed by atoms with E-state index in [4.69, 9.17) is 16.3 Å². The lowest BCUT2D eigenvalue weighted by atomic mass is 10.1.